The molecule has 0 amide bonds. The molecule has 5 heteroatoms. The van der Waals surface area contributed by atoms with E-state index in [1.165, 1.54) is 27.1 Å². The third-order valence-electron chi connectivity index (χ3n) is 12.0. The van der Waals surface area contributed by atoms with E-state index in [0.29, 0.717) is 17.5 Å². The van der Waals surface area contributed by atoms with Gasteiger partial charge in [-0.25, -0.2) is 15.0 Å². The molecule has 62 heavy (non-hydrogen) atoms. The van der Waals surface area contributed by atoms with Crippen LogP contribution >= 0.6 is 0 Å². The standard InChI is InChI=1S/C57H37N5/c1-3-18-38(19-4-1)40-22-17-23-41(36-40)48-37-42(34-35-54(48)62-51-31-14-9-26-45(51)46-27-10-15-32-52(46)62)56-58-55(39-20-5-2-6-21-39)59-57(60-56)47-28-11-16-33-53(47)61-49-29-12-7-24-43(49)44-25-8-13-30-50(44)61/h1-37H. The Morgan fingerprint density at radius 2 is 0.661 bits per heavy atom. The van der Waals surface area contributed by atoms with Crippen LogP contribution < -0.4 is 0 Å². The van der Waals surface area contributed by atoms with Gasteiger partial charge in [-0.05, 0) is 77.4 Å². The van der Waals surface area contributed by atoms with Crippen molar-refractivity contribution < 1.29 is 0 Å². The smallest absolute Gasteiger partial charge is 0.166 e. The van der Waals surface area contributed by atoms with Gasteiger partial charge >= 0.3 is 0 Å². The Hall–Kier alpha value is -8.41. The Labute approximate surface area is 358 Å². The minimum Gasteiger partial charge on any atom is -0.309 e. The Bertz CT molecular complexity index is 3530. The van der Waals surface area contributed by atoms with Crippen molar-refractivity contribution in [2.24, 2.45) is 0 Å². The fourth-order valence-electron chi connectivity index (χ4n) is 9.16. The molecule has 12 aromatic rings. The van der Waals surface area contributed by atoms with Gasteiger partial charge in [0.05, 0.1) is 33.4 Å². The fourth-order valence-corrected chi connectivity index (χ4v) is 9.16. The number of fused-ring (bicyclic) bond motifs is 6. The lowest BCUT2D eigenvalue weighted by Gasteiger charge is -2.17. The molecule has 3 heterocycles. The molecule has 9 aromatic carbocycles. The van der Waals surface area contributed by atoms with Gasteiger partial charge in [0.25, 0.3) is 0 Å². The minimum absolute atomic E-state index is 0.597. The van der Waals surface area contributed by atoms with Crippen molar-refractivity contribution in [1.82, 2.24) is 24.1 Å². The van der Waals surface area contributed by atoms with Crippen LogP contribution in [0.15, 0.2) is 224 Å². The molecule has 0 N–H and O–H groups in total. The highest BCUT2D eigenvalue weighted by Crippen LogP contribution is 2.40. The van der Waals surface area contributed by atoms with E-state index < -0.39 is 0 Å². The largest absolute Gasteiger partial charge is 0.309 e. The SMILES string of the molecule is c1ccc(-c2cccc(-c3cc(-c4nc(-c5ccccc5)nc(-c5ccccc5-n5c6ccccc6c6ccccc65)n4)ccc3-n3c4ccccc4c4ccccc43)c2)cc1. The maximum absolute atomic E-state index is 5.38. The van der Waals surface area contributed by atoms with Gasteiger partial charge in [0.1, 0.15) is 0 Å². The van der Waals surface area contributed by atoms with Gasteiger partial charge in [0, 0.05) is 43.8 Å². The van der Waals surface area contributed by atoms with Crippen LogP contribution in [0, 0.1) is 0 Å². The summed E-state index contributed by atoms with van der Waals surface area (Å²) in [5.74, 6) is 1.81. The summed E-state index contributed by atoms with van der Waals surface area (Å²) in [6, 6.07) is 79.2. The Kier molecular flexibility index (Phi) is 8.42. The van der Waals surface area contributed by atoms with Crippen molar-refractivity contribution in [3.63, 3.8) is 0 Å². The van der Waals surface area contributed by atoms with E-state index in [4.69, 9.17) is 15.0 Å². The van der Waals surface area contributed by atoms with Crippen molar-refractivity contribution >= 4 is 43.6 Å². The minimum atomic E-state index is 0.597. The van der Waals surface area contributed by atoms with Crippen LogP contribution in [0.4, 0.5) is 0 Å². The summed E-state index contributed by atoms with van der Waals surface area (Å²) in [7, 11) is 0. The molecule has 0 saturated heterocycles. The molecule has 0 atom stereocenters. The van der Waals surface area contributed by atoms with Gasteiger partial charge < -0.3 is 9.13 Å². The molecule has 12 rings (SSSR count). The summed E-state index contributed by atoms with van der Waals surface area (Å²) in [4.78, 5) is 15.9. The highest BCUT2D eigenvalue weighted by Gasteiger charge is 2.21. The molecular weight excluding hydrogens is 755 g/mol. The number of aromatic nitrogens is 5. The van der Waals surface area contributed by atoms with Crippen LogP contribution in [0.1, 0.15) is 0 Å². The van der Waals surface area contributed by atoms with E-state index in [0.717, 1.165) is 66.8 Å². The molecule has 0 fully saturated rings. The maximum Gasteiger partial charge on any atom is 0.166 e. The Balaban J connectivity index is 1.11. The molecule has 0 radical (unpaired) electrons. The van der Waals surface area contributed by atoms with Crippen molar-refractivity contribution in [3.05, 3.63) is 224 Å². The zero-order chi connectivity index (χ0) is 41.0. The summed E-state index contributed by atoms with van der Waals surface area (Å²) >= 11 is 0. The second-order valence-corrected chi connectivity index (χ2v) is 15.6. The number of nitrogens with zero attached hydrogens (tertiary/aromatic N) is 5. The quantitative estimate of drug-likeness (QED) is 0.162. The molecule has 0 unspecified atom stereocenters. The molecule has 290 valence electrons. The average molecular weight is 792 g/mol. The Morgan fingerprint density at radius 1 is 0.242 bits per heavy atom. The summed E-state index contributed by atoms with van der Waals surface area (Å²) in [6.45, 7) is 0. The number of rotatable bonds is 7. The zero-order valence-corrected chi connectivity index (χ0v) is 33.6. The highest BCUT2D eigenvalue weighted by molar-refractivity contribution is 6.11. The first-order chi connectivity index (χ1) is 30.8. The van der Waals surface area contributed by atoms with E-state index in [1.54, 1.807) is 0 Å². The number of benzene rings is 9. The van der Waals surface area contributed by atoms with E-state index in [1.807, 2.05) is 18.2 Å². The molecule has 5 nitrogen and oxygen atoms in total. The highest BCUT2D eigenvalue weighted by atomic mass is 15.1. The third kappa shape index (κ3) is 5.90. The van der Waals surface area contributed by atoms with Crippen molar-refractivity contribution in [3.8, 4) is 67.8 Å². The summed E-state index contributed by atoms with van der Waals surface area (Å²) < 4.78 is 4.74. The molecule has 0 aliphatic rings. The van der Waals surface area contributed by atoms with E-state index in [2.05, 4.69) is 215 Å². The topological polar surface area (TPSA) is 48.5 Å². The molecule has 0 aliphatic heterocycles. The second-order valence-electron chi connectivity index (χ2n) is 15.6. The summed E-state index contributed by atoms with van der Waals surface area (Å²) in [6.07, 6.45) is 0. The van der Waals surface area contributed by atoms with Crippen LogP contribution in [-0.2, 0) is 0 Å². The predicted octanol–water partition coefficient (Wildman–Crippen LogP) is 14.4. The van der Waals surface area contributed by atoms with Crippen molar-refractivity contribution in [2.45, 2.75) is 0 Å². The molecular formula is C57H37N5. The summed E-state index contributed by atoms with van der Waals surface area (Å²) in [5, 5.41) is 4.83. The van der Waals surface area contributed by atoms with Crippen LogP contribution in [0.3, 0.4) is 0 Å². The third-order valence-corrected chi connectivity index (χ3v) is 12.0. The lowest BCUT2D eigenvalue weighted by Crippen LogP contribution is -2.04. The first kappa shape index (κ1) is 35.5. The Morgan fingerprint density at radius 3 is 1.24 bits per heavy atom. The first-order valence-electron chi connectivity index (χ1n) is 21.0. The molecule has 0 bridgehead atoms. The van der Waals surface area contributed by atoms with Crippen LogP contribution in [0.5, 0.6) is 0 Å². The van der Waals surface area contributed by atoms with Gasteiger partial charge in [-0.1, -0.05) is 164 Å². The zero-order valence-electron chi connectivity index (χ0n) is 33.6. The second kappa shape index (κ2) is 14.7. The van der Waals surface area contributed by atoms with Gasteiger partial charge in [-0.3, -0.25) is 0 Å². The number of hydrogen-bond donors (Lipinski definition) is 0. The predicted molar refractivity (Wildman–Crippen MR) is 256 cm³/mol. The average Bonchev–Trinajstić information content (AvgIpc) is 3.87. The van der Waals surface area contributed by atoms with Gasteiger partial charge in [-0.2, -0.15) is 0 Å². The van der Waals surface area contributed by atoms with Crippen LogP contribution in [0.25, 0.3) is 111 Å². The number of para-hydroxylation sites is 5. The normalized spacial score (nSPS) is 11.5. The molecule has 3 aromatic heterocycles. The molecule has 0 spiro atoms. The van der Waals surface area contributed by atoms with Crippen LogP contribution in [-0.4, -0.2) is 24.1 Å². The van der Waals surface area contributed by atoms with Crippen molar-refractivity contribution in [1.29, 1.82) is 0 Å². The van der Waals surface area contributed by atoms with E-state index in [9.17, 15) is 0 Å². The van der Waals surface area contributed by atoms with Crippen LogP contribution in [0.2, 0.25) is 0 Å². The summed E-state index contributed by atoms with van der Waals surface area (Å²) in [5.41, 5.74) is 13.8. The fraction of sp³-hybridized carbons (Fsp3) is 0. The monoisotopic (exact) mass is 791 g/mol. The maximum atomic E-state index is 5.38. The van der Waals surface area contributed by atoms with E-state index in [-0.39, 0.29) is 0 Å². The lowest BCUT2D eigenvalue weighted by atomic mass is 9.96. The van der Waals surface area contributed by atoms with Gasteiger partial charge in [-0.15, -0.1) is 0 Å². The molecule has 0 aliphatic carbocycles. The lowest BCUT2D eigenvalue weighted by molar-refractivity contribution is 1.06. The van der Waals surface area contributed by atoms with Gasteiger partial charge in [0.2, 0.25) is 0 Å². The molecule has 0 saturated carbocycles. The first-order valence-corrected chi connectivity index (χ1v) is 21.0. The number of hydrogen-bond acceptors (Lipinski definition) is 3. The van der Waals surface area contributed by atoms with Crippen molar-refractivity contribution in [2.75, 3.05) is 0 Å². The van der Waals surface area contributed by atoms with Gasteiger partial charge in [0.15, 0.2) is 17.5 Å². The van der Waals surface area contributed by atoms with E-state index >= 15 is 0 Å².